The number of nitrogens with zero attached hydrogens (tertiary/aromatic N) is 1. The third kappa shape index (κ3) is 2.94. The second-order valence-corrected chi connectivity index (χ2v) is 3.58. The van der Waals surface area contributed by atoms with E-state index >= 15 is 0 Å². The molecule has 0 aliphatic rings. The van der Waals surface area contributed by atoms with Crippen molar-refractivity contribution >= 4 is 17.3 Å². The van der Waals surface area contributed by atoms with E-state index in [9.17, 15) is 14.9 Å². The number of hydrogen-bond acceptors (Lipinski definition) is 4. The summed E-state index contributed by atoms with van der Waals surface area (Å²) < 4.78 is 0. The third-order valence-electron chi connectivity index (χ3n) is 2.08. The number of amides is 1. The summed E-state index contributed by atoms with van der Waals surface area (Å²) in [6.45, 7) is 3.34. The van der Waals surface area contributed by atoms with Crippen molar-refractivity contribution in [3.05, 3.63) is 33.9 Å². The van der Waals surface area contributed by atoms with E-state index in [-0.39, 0.29) is 5.69 Å². The molecule has 1 unspecified atom stereocenters. The zero-order chi connectivity index (χ0) is 12.3. The van der Waals surface area contributed by atoms with Crippen LogP contribution in [0.25, 0.3) is 0 Å². The van der Waals surface area contributed by atoms with Crippen molar-refractivity contribution in [1.29, 1.82) is 0 Å². The standard InChI is InChI=1S/C10H13N3O3/c1-6-3-8(12-7(2)10(11)14)5-9(4-6)13(15)16/h3-5,7,12H,1-2H3,(H2,11,14). The largest absolute Gasteiger partial charge is 0.374 e. The molecule has 86 valence electrons. The number of anilines is 1. The number of rotatable bonds is 4. The minimum atomic E-state index is -0.568. The van der Waals surface area contributed by atoms with Crippen LogP contribution in [0.2, 0.25) is 0 Å². The lowest BCUT2D eigenvalue weighted by Gasteiger charge is -2.11. The Labute approximate surface area is 92.6 Å². The number of nitrogens with two attached hydrogens (primary N) is 1. The molecule has 0 aliphatic carbocycles. The lowest BCUT2D eigenvalue weighted by molar-refractivity contribution is -0.384. The minimum Gasteiger partial charge on any atom is -0.374 e. The molecule has 0 aliphatic heterocycles. The van der Waals surface area contributed by atoms with Gasteiger partial charge in [0.2, 0.25) is 5.91 Å². The van der Waals surface area contributed by atoms with Crippen molar-refractivity contribution in [1.82, 2.24) is 0 Å². The summed E-state index contributed by atoms with van der Waals surface area (Å²) >= 11 is 0. The van der Waals surface area contributed by atoms with Gasteiger partial charge in [-0.25, -0.2) is 0 Å². The normalized spacial score (nSPS) is 11.9. The van der Waals surface area contributed by atoms with E-state index in [1.165, 1.54) is 12.1 Å². The van der Waals surface area contributed by atoms with E-state index in [4.69, 9.17) is 5.73 Å². The van der Waals surface area contributed by atoms with Crippen molar-refractivity contribution in [2.45, 2.75) is 19.9 Å². The van der Waals surface area contributed by atoms with Gasteiger partial charge in [0, 0.05) is 17.8 Å². The average Bonchev–Trinajstić information content (AvgIpc) is 2.16. The Morgan fingerprint density at radius 2 is 2.12 bits per heavy atom. The molecule has 1 rings (SSSR count). The highest BCUT2D eigenvalue weighted by molar-refractivity contribution is 5.82. The maximum Gasteiger partial charge on any atom is 0.271 e. The molecule has 1 aromatic carbocycles. The van der Waals surface area contributed by atoms with E-state index in [1.54, 1.807) is 19.9 Å². The van der Waals surface area contributed by atoms with E-state index in [2.05, 4.69) is 5.32 Å². The van der Waals surface area contributed by atoms with Crippen molar-refractivity contribution < 1.29 is 9.72 Å². The molecule has 6 nitrogen and oxygen atoms in total. The molecule has 0 heterocycles. The second kappa shape index (κ2) is 4.61. The van der Waals surface area contributed by atoms with Crippen LogP contribution in [0.15, 0.2) is 18.2 Å². The van der Waals surface area contributed by atoms with Crippen molar-refractivity contribution in [3.63, 3.8) is 0 Å². The highest BCUT2D eigenvalue weighted by atomic mass is 16.6. The fourth-order valence-corrected chi connectivity index (χ4v) is 1.27. The molecule has 0 saturated carbocycles. The van der Waals surface area contributed by atoms with Crippen LogP contribution in [0.3, 0.4) is 0 Å². The average molecular weight is 223 g/mol. The van der Waals surface area contributed by atoms with Gasteiger partial charge in [0.25, 0.3) is 5.69 Å². The second-order valence-electron chi connectivity index (χ2n) is 3.58. The molecule has 0 bridgehead atoms. The first kappa shape index (κ1) is 12.0. The molecule has 0 aromatic heterocycles. The Kier molecular flexibility index (Phi) is 3.44. The van der Waals surface area contributed by atoms with Gasteiger partial charge < -0.3 is 11.1 Å². The topological polar surface area (TPSA) is 98.3 Å². The first-order chi connectivity index (χ1) is 7.40. The SMILES string of the molecule is Cc1cc(NC(C)C(N)=O)cc([N+](=O)[O-])c1. The van der Waals surface area contributed by atoms with Crippen LogP contribution < -0.4 is 11.1 Å². The van der Waals surface area contributed by atoms with Crippen LogP contribution in [0.1, 0.15) is 12.5 Å². The molecule has 0 fully saturated rings. The van der Waals surface area contributed by atoms with Crippen molar-refractivity contribution in [2.75, 3.05) is 5.32 Å². The molecule has 1 aromatic rings. The van der Waals surface area contributed by atoms with E-state index < -0.39 is 16.9 Å². The summed E-state index contributed by atoms with van der Waals surface area (Å²) in [5, 5.41) is 13.4. The number of primary amides is 1. The molecule has 1 atom stereocenters. The van der Waals surface area contributed by atoms with Gasteiger partial charge in [-0.1, -0.05) is 0 Å². The van der Waals surface area contributed by atoms with E-state index in [0.29, 0.717) is 5.69 Å². The van der Waals surface area contributed by atoms with E-state index in [1.807, 2.05) is 0 Å². The van der Waals surface area contributed by atoms with Crippen molar-refractivity contribution in [3.8, 4) is 0 Å². The molecule has 0 saturated heterocycles. The monoisotopic (exact) mass is 223 g/mol. The number of nitro groups is 1. The maximum absolute atomic E-state index is 10.8. The fraction of sp³-hybridized carbons (Fsp3) is 0.300. The summed E-state index contributed by atoms with van der Waals surface area (Å²) in [5.74, 6) is -0.510. The Hall–Kier alpha value is -2.11. The molecular formula is C10H13N3O3. The molecule has 1 amide bonds. The number of carbonyl (C=O) groups excluding carboxylic acids is 1. The maximum atomic E-state index is 10.8. The van der Waals surface area contributed by atoms with E-state index in [0.717, 1.165) is 5.56 Å². The van der Waals surface area contributed by atoms with Gasteiger partial charge in [-0.05, 0) is 25.5 Å². The van der Waals surface area contributed by atoms with Crippen LogP contribution >= 0.6 is 0 Å². The van der Waals surface area contributed by atoms with Crippen LogP contribution in [0.5, 0.6) is 0 Å². The predicted octanol–water partition coefficient (Wildman–Crippen LogP) is 1.19. The summed E-state index contributed by atoms with van der Waals surface area (Å²) in [6.07, 6.45) is 0. The van der Waals surface area contributed by atoms with Crippen LogP contribution in [-0.2, 0) is 4.79 Å². The molecule has 16 heavy (non-hydrogen) atoms. The van der Waals surface area contributed by atoms with Crippen LogP contribution in [0.4, 0.5) is 11.4 Å². The Bertz CT molecular complexity index is 431. The third-order valence-corrected chi connectivity index (χ3v) is 2.08. The number of nitro benzene ring substituents is 1. The number of aryl methyl sites for hydroxylation is 1. The molecule has 6 heteroatoms. The number of carbonyl (C=O) groups is 1. The first-order valence-corrected chi connectivity index (χ1v) is 4.72. The van der Waals surface area contributed by atoms with Gasteiger partial charge in [0.05, 0.1) is 4.92 Å². The van der Waals surface area contributed by atoms with Crippen molar-refractivity contribution in [2.24, 2.45) is 5.73 Å². The highest BCUT2D eigenvalue weighted by Gasteiger charge is 2.12. The lowest BCUT2D eigenvalue weighted by Crippen LogP contribution is -2.32. The number of hydrogen-bond donors (Lipinski definition) is 2. The molecule has 3 N–H and O–H groups in total. The Morgan fingerprint density at radius 3 is 2.62 bits per heavy atom. The first-order valence-electron chi connectivity index (χ1n) is 4.72. The fourth-order valence-electron chi connectivity index (χ4n) is 1.27. The molecular weight excluding hydrogens is 210 g/mol. The van der Waals surface area contributed by atoms with Gasteiger partial charge in [-0.2, -0.15) is 0 Å². The van der Waals surface area contributed by atoms with Gasteiger partial charge in [-0.3, -0.25) is 14.9 Å². The lowest BCUT2D eigenvalue weighted by atomic mass is 10.2. The highest BCUT2D eigenvalue weighted by Crippen LogP contribution is 2.20. The number of non-ortho nitro benzene ring substituents is 1. The zero-order valence-electron chi connectivity index (χ0n) is 9.06. The number of benzene rings is 1. The van der Waals surface area contributed by atoms with Crippen LogP contribution in [-0.4, -0.2) is 16.9 Å². The molecule has 0 spiro atoms. The smallest absolute Gasteiger partial charge is 0.271 e. The summed E-state index contributed by atoms with van der Waals surface area (Å²) in [4.78, 5) is 21.0. The summed E-state index contributed by atoms with van der Waals surface area (Å²) in [5.41, 5.74) is 6.33. The van der Waals surface area contributed by atoms with Gasteiger partial charge >= 0.3 is 0 Å². The van der Waals surface area contributed by atoms with Crippen LogP contribution in [0, 0.1) is 17.0 Å². The zero-order valence-corrected chi connectivity index (χ0v) is 9.06. The minimum absolute atomic E-state index is 0.0147. The van der Waals surface area contributed by atoms with Gasteiger partial charge in [0.1, 0.15) is 6.04 Å². The van der Waals surface area contributed by atoms with Gasteiger partial charge in [-0.15, -0.1) is 0 Å². The summed E-state index contributed by atoms with van der Waals surface area (Å²) in [7, 11) is 0. The van der Waals surface area contributed by atoms with Gasteiger partial charge in [0.15, 0.2) is 0 Å². The predicted molar refractivity (Wildman–Crippen MR) is 60.1 cm³/mol. The molecule has 0 radical (unpaired) electrons. The quantitative estimate of drug-likeness (QED) is 0.591. The Morgan fingerprint density at radius 1 is 1.50 bits per heavy atom. The number of nitrogens with one attached hydrogen (secondary N) is 1. The Balaban J connectivity index is 2.97. The summed E-state index contributed by atoms with van der Waals surface area (Å²) in [6, 6.07) is 3.97.